The van der Waals surface area contributed by atoms with E-state index < -0.39 is 5.41 Å². The summed E-state index contributed by atoms with van der Waals surface area (Å²) in [5.74, 6) is -0.196. The van der Waals surface area contributed by atoms with Crippen molar-refractivity contribution in [2.75, 3.05) is 13.1 Å². The van der Waals surface area contributed by atoms with Gasteiger partial charge in [0.25, 0.3) is 0 Å². The first-order valence-electron chi connectivity index (χ1n) is 5.91. The molecular formula is C11H21N3O3. The van der Waals surface area contributed by atoms with E-state index in [1.165, 1.54) is 0 Å². The Morgan fingerprint density at radius 3 is 2.47 bits per heavy atom. The first-order valence-corrected chi connectivity index (χ1v) is 5.91. The van der Waals surface area contributed by atoms with Crippen LogP contribution in [0.5, 0.6) is 0 Å². The Kier molecular flexibility index (Phi) is 4.34. The second-order valence-electron chi connectivity index (χ2n) is 4.69. The Morgan fingerprint density at radius 1 is 1.53 bits per heavy atom. The van der Waals surface area contributed by atoms with Gasteiger partial charge in [-0.25, -0.2) is 0 Å². The second kappa shape index (κ2) is 5.35. The standard InChI is InChI=1S/C11H21N3O3/c1-3-11(2,9(12)13-17)10(16)14-6-4-8(15)5-7-14/h8,15,17H,3-7H2,1-2H3,(H2,12,13). The van der Waals surface area contributed by atoms with E-state index in [9.17, 15) is 9.90 Å². The van der Waals surface area contributed by atoms with Gasteiger partial charge in [0.05, 0.1) is 6.10 Å². The van der Waals surface area contributed by atoms with Gasteiger partial charge in [0.1, 0.15) is 5.41 Å². The molecule has 0 bridgehead atoms. The predicted octanol–water partition coefficient (Wildman–Crippen LogP) is 0.132. The SMILES string of the molecule is CCC(C)(C(=O)N1CCC(O)CC1)C(N)=NO. The molecule has 0 aromatic heterocycles. The van der Waals surface area contributed by atoms with Crippen molar-refractivity contribution in [3.8, 4) is 0 Å². The van der Waals surface area contributed by atoms with Gasteiger partial charge in [-0.2, -0.15) is 0 Å². The number of nitrogens with two attached hydrogens (primary N) is 1. The van der Waals surface area contributed by atoms with Crippen molar-refractivity contribution in [2.45, 2.75) is 39.2 Å². The molecular weight excluding hydrogens is 222 g/mol. The zero-order chi connectivity index (χ0) is 13.1. The van der Waals surface area contributed by atoms with E-state index in [1.54, 1.807) is 11.8 Å². The number of aliphatic hydroxyl groups excluding tert-OH is 1. The zero-order valence-corrected chi connectivity index (χ0v) is 10.4. The summed E-state index contributed by atoms with van der Waals surface area (Å²) in [6.45, 7) is 4.55. The van der Waals surface area contributed by atoms with E-state index in [0.29, 0.717) is 32.4 Å². The molecule has 0 spiro atoms. The Morgan fingerprint density at radius 2 is 2.06 bits per heavy atom. The second-order valence-corrected chi connectivity index (χ2v) is 4.69. The Labute approximate surface area is 101 Å². The van der Waals surface area contributed by atoms with Gasteiger partial charge >= 0.3 is 0 Å². The zero-order valence-electron chi connectivity index (χ0n) is 10.4. The highest BCUT2D eigenvalue weighted by Gasteiger charge is 2.40. The number of aliphatic hydroxyl groups is 1. The monoisotopic (exact) mass is 243 g/mol. The summed E-state index contributed by atoms with van der Waals surface area (Å²) in [5, 5.41) is 21.1. The molecule has 0 saturated carbocycles. The van der Waals surface area contributed by atoms with Crippen LogP contribution in [0.1, 0.15) is 33.1 Å². The third-order valence-corrected chi connectivity index (χ3v) is 3.60. The normalized spacial score (nSPS) is 22.3. The van der Waals surface area contributed by atoms with Gasteiger partial charge in [0.15, 0.2) is 5.84 Å². The minimum atomic E-state index is -0.961. The number of hydrogen-bond donors (Lipinski definition) is 3. The Hall–Kier alpha value is -1.30. The molecule has 0 aliphatic carbocycles. The van der Waals surface area contributed by atoms with Gasteiger partial charge in [0.2, 0.25) is 5.91 Å². The highest BCUT2D eigenvalue weighted by Crippen LogP contribution is 2.26. The molecule has 1 atom stereocenters. The number of oxime groups is 1. The summed E-state index contributed by atoms with van der Waals surface area (Å²) < 4.78 is 0. The van der Waals surface area contributed by atoms with Gasteiger partial charge in [-0.3, -0.25) is 4.79 Å². The predicted molar refractivity (Wildman–Crippen MR) is 63.6 cm³/mol. The van der Waals surface area contributed by atoms with Crippen molar-refractivity contribution in [3.05, 3.63) is 0 Å². The van der Waals surface area contributed by atoms with Crippen molar-refractivity contribution < 1.29 is 15.1 Å². The average Bonchev–Trinajstić information content (AvgIpc) is 2.36. The lowest BCUT2D eigenvalue weighted by molar-refractivity contribution is -0.140. The molecule has 0 aromatic carbocycles. The van der Waals surface area contributed by atoms with Gasteiger partial charge < -0.3 is 20.9 Å². The van der Waals surface area contributed by atoms with Crippen LogP contribution in [0.15, 0.2) is 5.16 Å². The summed E-state index contributed by atoms with van der Waals surface area (Å²) >= 11 is 0. The summed E-state index contributed by atoms with van der Waals surface area (Å²) in [4.78, 5) is 14.0. The van der Waals surface area contributed by atoms with Gasteiger partial charge in [0, 0.05) is 13.1 Å². The minimum Gasteiger partial charge on any atom is -0.409 e. The third-order valence-electron chi connectivity index (χ3n) is 3.60. The van der Waals surface area contributed by atoms with Crippen LogP contribution < -0.4 is 5.73 Å². The van der Waals surface area contributed by atoms with Gasteiger partial charge in [-0.05, 0) is 26.2 Å². The van der Waals surface area contributed by atoms with E-state index in [1.807, 2.05) is 6.92 Å². The number of rotatable bonds is 3. The lowest BCUT2D eigenvalue weighted by atomic mass is 9.84. The fourth-order valence-electron chi connectivity index (χ4n) is 1.97. The molecule has 6 nitrogen and oxygen atoms in total. The number of likely N-dealkylation sites (tertiary alicyclic amines) is 1. The van der Waals surface area contributed by atoms with Crippen molar-refractivity contribution >= 4 is 11.7 Å². The van der Waals surface area contributed by atoms with Gasteiger partial charge in [-0.1, -0.05) is 12.1 Å². The first-order chi connectivity index (χ1) is 7.95. The molecule has 1 amide bonds. The fraction of sp³-hybridized carbons (Fsp3) is 0.818. The molecule has 1 unspecified atom stereocenters. The Balaban J connectivity index is 2.80. The maximum atomic E-state index is 12.3. The number of hydrogen-bond acceptors (Lipinski definition) is 4. The van der Waals surface area contributed by atoms with Crippen LogP contribution in [-0.2, 0) is 4.79 Å². The summed E-state index contributed by atoms with van der Waals surface area (Å²) in [7, 11) is 0. The minimum absolute atomic E-state index is 0.0591. The third kappa shape index (κ3) is 2.69. The topological polar surface area (TPSA) is 99.2 Å². The molecule has 0 aromatic rings. The summed E-state index contributed by atoms with van der Waals surface area (Å²) in [6.07, 6.45) is 1.32. The molecule has 1 fully saturated rings. The summed E-state index contributed by atoms with van der Waals surface area (Å²) in [6, 6.07) is 0. The number of carbonyl (C=O) groups excluding carboxylic acids is 1. The molecule has 1 aliphatic rings. The van der Waals surface area contributed by atoms with Crippen LogP contribution in [0, 0.1) is 5.41 Å². The number of amidine groups is 1. The largest absolute Gasteiger partial charge is 0.409 e. The lowest BCUT2D eigenvalue weighted by Crippen LogP contribution is -2.52. The van der Waals surface area contributed by atoms with E-state index in [-0.39, 0.29) is 17.8 Å². The fourth-order valence-corrected chi connectivity index (χ4v) is 1.97. The number of amides is 1. The molecule has 1 rings (SSSR count). The Bertz CT molecular complexity index is 311. The molecule has 1 aliphatic heterocycles. The van der Waals surface area contributed by atoms with E-state index in [4.69, 9.17) is 10.9 Å². The van der Waals surface area contributed by atoms with Crippen LogP contribution in [-0.4, -0.2) is 46.1 Å². The molecule has 6 heteroatoms. The maximum absolute atomic E-state index is 12.3. The van der Waals surface area contributed by atoms with Crippen LogP contribution in [0.25, 0.3) is 0 Å². The summed E-state index contributed by atoms with van der Waals surface area (Å²) in [5.41, 5.74) is 4.64. The molecule has 0 radical (unpaired) electrons. The van der Waals surface area contributed by atoms with Crippen LogP contribution in [0.4, 0.5) is 0 Å². The van der Waals surface area contributed by atoms with Crippen molar-refractivity contribution in [2.24, 2.45) is 16.3 Å². The molecule has 1 saturated heterocycles. The van der Waals surface area contributed by atoms with Crippen LogP contribution in [0.2, 0.25) is 0 Å². The number of nitrogens with zero attached hydrogens (tertiary/aromatic N) is 2. The smallest absolute Gasteiger partial charge is 0.236 e. The van der Waals surface area contributed by atoms with Gasteiger partial charge in [-0.15, -0.1) is 0 Å². The van der Waals surface area contributed by atoms with E-state index in [2.05, 4.69) is 5.16 Å². The van der Waals surface area contributed by atoms with E-state index >= 15 is 0 Å². The lowest BCUT2D eigenvalue weighted by Gasteiger charge is -2.36. The van der Waals surface area contributed by atoms with Crippen molar-refractivity contribution in [1.29, 1.82) is 0 Å². The van der Waals surface area contributed by atoms with Crippen molar-refractivity contribution in [1.82, 2.24) is 4.90 Å². The molecule has 1 heterocycles. The quantitative estimate of drug-likeness (QED) is 0.284. The van der Waals surface area contributed by atoms with Crippen LogP contribution in [0.3, 0.4) is 0 Å². The maximum Gasteiger partial charge on any atom is 0.236 e. The van der Waals surface area contributed by atoms with E-state index in [0.717, 1.165) is 0 Å². The van der Waals surface area contributed by atoms with Crippen molar-refractivity contribution in [3.63, 3.8) is 0 Å². The molecule has 17 heavy (non-hydrogen) atoms. The van der Waals surface area contributed by atoms with Crippen LogP contribution >= 0.6 is 0 Å². The first kappa shape index (κ1) is 13.8. The molecule has 98 valence electrons. The molecule has 4 N–H and O–H groups in total. The number of piperidine rings is 1. The highest BCUT2D eigenvalue weighted by molar-refractivity contribution is 6.06. The number of carbonyl (C=O) groups is 1. The average molecular weight is 243 g/mol. The highest BCUT2D eigenvalue weighted by atomic mass is 16.4.